The van der Waals surface area contributed by atoms with Crippen LogP contribution in [0.3, 0.4) is 0 Å². The zero-order valence-corrected chi connectivity index (χ0v) is 7.67. The Hall–Kier alpha value is -1.20. The van der Waals surface area contributed by atoms with Gasteiger partial charge in [-0.1, -0.05) is 0 Å². The molecule has 80 valence electrons. The van der Waals surface area contributed by atoms with Gasteiger partial charge in [-0.3, -0.25) is 9.59 Å². The van der Waals surface area contributed by atoms with Crippen molar-refractivity contribution < 1.29 is 23.5 Å². The maximum Gasteiger partial charge on any atom is 0.312 e. The van der Waals surface area contributed by atoms with E-state index in [1.807, 2.05) is 0 Å². The molecule has 1 fully saturated rings. The van der Waals surface area contributed by atoms with Crippen molar-refractivity contribution in [3.8, 4) is 0 Å². The summed E-state index contributed by atoms with van der Waals surface area (Å²) in [6, 6.07) is 0. The van der Waals surface area contributed by atoms with Gasteiger partial charge >= 0.3 is 5.97 Å². The quantitative estimate of drug-likeness (QED) is 0.684. The molecule has 1 rings (SSSR count). The molecule has 1 saturated heterocycles. The number of piperidine rings is 1. The van der Waals surface area contributed by atoms with Crippen LogP contribution in [0.4, 0.5) is 8.78 Å². The van der Waals surface area contributed by atoms with Gasteiger partial charge in [-0.15, -0.1) is 0 Å². The number of carbonyl (C=O) groups is 2. The average molecular weight is 207 g/mol. The van der Waals surface area contributed by atoms with Gasteiger partial charge in [-0.25, -0.2) is 8.78 Å². The molecule has 4 nitrogen and oxygen atoms in total. The van der Waals surface area contributed by atoms with Crippen LogP contribution in [0.25, 0.3) is 0 Å². The van der Waals surface area contributed by atoms with Crippen LogP contribution in [0, 0.1) is 5.92 Å². The van der Waals surface area contributed by atoms with Gasteiger partial charge in [0.2, 0.25) is 5.91 Å². The Labute approximate surface area is 79.5 Å². The SMILES string of the molecule is CC(=O)N1CCC(C(=O)O)C(F)(F)C1. The fourth-order valence-corrected chi connectivity index (χ4v) is 1.51. The van der Waals surface area contributed by atoms with Crippen molar-refractivity contribution in [2.45, 2.75) is 19.3 Å². The first-order valence-corrected chi connectivity index (χ1v) is 4.21. The molecular weight excluding hydrogens is 196 g/mol. The number of hydrogen-bond donors (Lipinski definition) is 1. The van der Waals surface area contributed by atoms with Crippen LogP contribution in [-0.4, -0.2) is 40.9 Å². The number of nitrogens with zero attached hydrogens (tertiary/aromatic N) is 1. The van der Waals surface area contributed by atoms with Crippen LogP contribution in [0.15, 0.2) is 0 Å². The van der Waals surface area contributed by atoms with Crippen LogP contribution >= 0.6 is 0 Å². The molecule has 0 saturated carbocycles. The van der Waals surface area contributed by atoms with Crippen molar-refractivity contribution in [3.63, 3.8) is 0 Å². The van der Waals surface area contributed by atoms with Gasteiger partial charge in [-0.2, -0.15) is 0 Å². The Balaban J connectivity index is 2.75. The van der Waals surface area contributed by atoms with E-state index in [1.54, 1.807) is 0 Å². The molecule has 0 spiro atoms. The molecule has 14 heavy (non-hydrogen) atoms. The number of carboxylic acids is 1. The minimum atomic E-state index is -3.32. The highest BCUT2D eigenvalue weighted by Crippen LogP contribution is 2.32. The highest BCUT2D eigenvalue weighted by Gasteiger charge is 2.49. The largest absolute Gasteiger partial charge is 0.481 e. The van der Waals surface area contributed by atoms with E-state index in [-0.39, 0.29) is 13.0 Å². The Morgan fingerprint density at radius 3 is 2.43 bits per heavy atom. The van der Waals surface area contributed by atoms with Crippen LogP contribution in [0.5, 0.6) is 0 Å². The zero-order valence-electron chi connectivity index (χ0n) is 7.67. The molecule has 1 aliphatic rings. The number of rotatable bonds is 1. The minimum absolute atomic E-state index is 0.0852. The fraction of sp³-hybridized carbons (Fsp3) is 0.750. The molecule has 0 radical (unpaired) electrons. The summed E-state index contributed by atoms with van der Waals surface area (Å²) >= 11 is 0. The molecule has 0 aliphatic carbocycles. The van der Waals surface area contributed by atoms with Crippen molar-refractivity contribution in [1.82, 2.24) is 4.90 Å². The van der Waals surface area contributed by atoms with E-state index in [4.69, 9.17) is 5.11 Å². The van der Waals surface area contributed by atoms with Gasteiger partial charge < -0.3 is 10.0 Å². The van der Waals surface area contributed by atoms with Crippen LogP contribution in [0.1, 0.15) is 13.3 Å². The van der Waals surface area contributed by atoms with Crippen LogP contribution < -0.4 is 0 Å². The normalized spacial score (nSPS) is 25.9. The lowest BCUT2D eigenvalue weighted by Crippen LogP contribution is -2.52. The van der Waals surface area contributed by atoms with E-state index in [9.17, 15) is 18.4 Å². The third-order valence-electron chi connectivity index (χ3n) is 2.34. The summed E-state index contributed by atoms with van der Waals surface area (Å²) in [7, 11) is 0. The summed E-state index contributed by atoms with van der Waals surface area (Å²) in [4.78, 5) is 22.2. The number of aliphatic carboxylic acids is 1. The van der Waals surface area contributed by atoms with Gasteiger partial charge in [-0.05, 0) is 6.42 Å². The lowest BCUT2D eigenvalue weighted by atomic mass is 9.93. The number of alkyl halides is 2. The molecule has 1 aliphatic heterocycles. The second-order valence-electron chi connectivity index (χ2n) is 3.38. The highest BCUT2D eigenvalue weighted by atomic mass is 19.3. The predicted octanol–water partition coefficient (Wildman–Crippen LogP) is 0.575. The summed E-state index contributed by atoms with van der Waals surface area (Å²) in [6.07, 6.45) is -0.193. The maximum absolute atomic E-state index is 13.2. The predicted molar refractivity (Wildman–Crippen MR) is 42.9 cm³/mol. The number of carboxylic acid groups (broad SMARTS) is 1. The second-order valence-corrected chi connectivity index (χ2v) is 3.38. The molecule has 1 heterocycles. The first-order chi connectivity index (χ1) is 6.34. The van der Waals surface area contributed by atoms with E-state index in [0.717, 1.165) is 4.90 Å². The summed E-state index contributed by atoms with van der Waals surface area (Å²) in [5.41, 5.74) is 0. The average Bonchev–Trinajstić information content (AvgIpc) is 2.01. The van der Waals surface area contributed by atoms with Crippen LogP contribution in [0.2, 0.25) is 0 Å². The van der Waals surface area contributed by atoms with E-state index in [1.165, 1.54) is 6.92 Å². The molecule has 1 atom stereocenters. The van der Waals surface area contributed by atoms with E-state index in [0.29, 0.717) is 0 Å². The summed E-state index contributed by atoms with van der Waals surface area (Å²) < 4.78 is 26.3. The fourth-order valence-electron chi connectivity index (χ4n) is 1.51. The van der Waals surface area contributed by atoms with E-state index in [2.05, 4.69) is 0 Å². The summed E-state index contributed by atoms with van der Waals surface area (Å²) in [5, 5.41) is 8.52. The van der Waals surface area contributed by atoms with Gasteiger partial charge in [0.1, 0.15) is 5.92 Å². The number of carbonyl (C=O) groups excluding carboxylic acids is 1. The van der Waals surface area contributed by atoms with Gasteiger partial charge in [0.05, 0.1) is 6.54 Å². The zero-order chi connectivity index (χ0) is 10.9. The summed E-state index contributed by atoms with van der Waals surface area (Å²) in [5.74, 6) is -6.94. The van der Waals surface area contributed by atoms with Crippen molar-refractivity contribution in [2.24, 2.45) is 5.92 Å². The highest BCUT2D eigenvalue weighted by molar-refractivity contribution is 5.75. The standard InChI is InChI=1S/C8H11F2NO3/c1-5(12)11-3-2-6(7(13)14)8(9,10)4-11/h6H,2-4H2,1H3,(H,13,14). The first-order valence-electron chi connectivity index (χ1n) is 4.21. The maximum atomic E-state index is 13.2. The molecule has 1 N–H and O–H groups in total. The van der Waals surface area contributed by atoms with Crippen molar-refractivity contribution in [3.05, 3.63) is 0 Å². The number of amides is 1. The van der Waals surface area contributed by atoms with Gasteiger partial charge in [0, 0.05) is 13.5 Å². The molecule has 0 bridgehead atoms. The minimum Gasteiger partial charge on any atom is -0.481 e. The Morgan fingerprint density at radius 2 is 2.07 bits per heavy atom. The number of likely N-dealkylation sites (tertiary alicyclic amines) is 1. The van der Waals surface area contributed by atoms with Gasteiger partial charge in [0.25, 0.3) is 5.92 Å². The molecule has 6 heteroatoms. The number of halogens is 2. The molecule has 0 aromatic carbocycles. The topological polar surface area (TPSA) is 57.6 Å². The molecule has 1 unspecified atom stereocenters. The van der Waals surface area contributed by atoms with Gasteiger partial charge in [0.15, 0.2) is 0 Å². The lowest BCUT2D eigenvalue weighted by Gasteiger charge is -2.35. The monoisotopic (exact) mass is 207 g/mol. The van der Waals surface area contributed by atoms with Crippen molar-refractivity contribution >= 4 is 11.9 Å². The Morgan fingerprint density at radius 1 is 1.50 bits per heavy atom. The van der Waals surface area contributed by atoms with Crippen molar-refractivity contribution in [1.29, 1.82) is 0 Å². The summed E-state index contributed by atoms with van der Waals surface area (Å²) in [6.45, 7) is 0.484. The first kappa shape index (κ1) is 10.9. The van der Waals surface area contributed by atoms with E-state index < -0.39 is 30.3 Å². The Bertz CT molecular complexity index is 267. The Kier molecular flexibility index (Phi) is 2.73. The lowest BCUT2D eigenvalue weighted by molar-refractivity contribution is -0.171. The van der Waals surface area contributed by atoms with E-state index >= 15 is 0 Å². The molecule has 0 aromatic rings. The third-order valence-corrected chi connectivity index (χ3v) is 2.34. The molecular formula is C8H11F2NO3. The third kappa shape index (κ3) is 2.00. The number of hydrogen-bond acceptors (Lipinski definition) is 2. The van der Waals surface area contributed by atoms with Crippen molar-refractivity contribution in [2.75, 3.05) is 13.1 Å². The smallest absolute Gasteiger partial charge is 0.312 e. The van der Waals surface area contributed by atoms with Crippen LogP contribution in [-0.2, 0) is 9.59 Å². The molecule has 0 aromatic heterocycles. The molecule has 1 amide bonds. The second kappa shape index (κ2) is 3.51.